The highest BCUT2D eigenvalue weighted by molar-refractivity contribution is 9.11. The van der Waals surface area contributed by atoms with Crippen LogP contribution in [0.15, 0.2) is 33.4 Å². The first kappa shape index (κ1) is 15.7. The number of hydrogen-bond donors (Lipinski definition) is 0. The van der Waals surface area contributed by atoms with Crippen LogP contribution in [0.5, 0.6) is 0 Å². The van der Waals surface area contributed by atoms with Crippen LogP contribution in [0.1, 0.15) is 22.8 Å². The lowest BCUT2D eigenvalue weighted by Gasteiger charge is -2.18. The monoisotopic (exact) mass is 368 g/mol. The minimum Gasteiger partial charge on any atom is -0.370 e. The van der Waals surface area contributed by atoms with Gasteiger partial charge in [0.25, 0.3) is 5.69 Å². The van der Waals surface area contributed by atoms with E-state index in [2.05, 4.69) is 15.9 Å². The smallest absolute Gasteiger partial charge is 0.282 e. The molecule has 0 saturated heterocycles. The topological polar surface area (TPSA) is 63.5 Å². The molecule has 2 rings (SSSR count). The van der Waals surface area contributed by atoms with Gasteiger partial charge in [0.15, 0.2) is 5.78 Å². The van der Waals surface area contributed by atoms with Crippen LogP contribution in [0.2, 0.25) is 0 Å². The van der Waals surface area contributed by atoms with E-state index in [9.17, 15) is 14.9 Å². The molecule has 5 nitrogen and oxygen atoms in total. The molecule has 0 saturated carbocycles. The summed E-state index contributed by atoms with van der Waals surface area (Å²) in [5.74, 6) is -0.308. The Morgan fingerprint density at radius 1 is 1.43 bits per heavy atom. The highest BCUT2D eigenvalue weighted by Gasteiger charge is 2.19. The summed E-state index contributed by atoms with van der Waals surface area (Å²) in [6.07, 6.45) is 0. The average Bonchev–Trinajstić information content (AvgIpc) is 2.83. The molecule has 0 atom stereocenters. The Labute approximate surface area is 134 Å². The summed E-state index contributed by atoms with van der Waals surface area (Å²) in [7, 11) is 1.86. The summed E-state index contributed by atoms with van der Waals surface area (Å²) in [4.78, 5) is 23.9. The minimum atomic E-state index is -0.519. The molecule has 0 aliphatic heterocycles. The van der Waals surface area contributed by atoms with Gasteiger partial charge in [0.1, 0.15) is 0 Å². The van der Waals surface area contributed by atoms with Gasteiger partial charge in [0.05, 0.1) is 14.3 Å². The number of hydrogen-bond acceptors (Lipinski definition) is 5. The van der Waals surface area contributed by atoms with Gasteiger partial charge in [0.2, 0.25) is 0 Å². The fourth-order valence-corrected chi connectivity index (χ4v) is 3.20. The van der Waals surface area contributed by atoms with Crippen molar-refractivity contribution in [2.45, 2.75) is 13.5 Å². The van der Waals surface area contributed by atoms with Crippen molar-refractivity contribution in [1.29, 1.82) is 0 Å². The van der Waals surface area contributed by atoms with Crippen molar-refractivity contribution in [3.63, 3.8) is 0 Å². The lowest BCUT2D eigenvalue weighted by Crippen LogP contribution is -2.16. The Hall–Kier alpha value is -1.73. The van der Waals surface area contributed by atoms with E-state index in [1.54, 1.807) is 17.4 Å². The first-order chi connectivity index (χ1) is 9.88. The molecule has 0 bridgehead atoms. The first-order valence-corrected chi connectivity index (χ1v) is 7.79. The zero-order valence-corrected chi connectivity index (χ0v) is 13.9. The number of carbonyl (C=O) groups is 1. The Balaban J connectivity index is 2.29. The Bertz CT molecular complexity index is 699. The Morgan fingerprint density at radius 2 is 2.14 bits per heavy atom. The fraction of sp³-hybridized carbons (Fsp3) is 0.214. The van der Waals surface area contributed by atoms with Crippen LogP contribution >= 0.6 is 27.3 Å². The van der Waals surface area contributed by atoms with Crippen LogP contribution in [0.4, 0.5) is 11.4 Å². The number of nitro benzene ring substituents is 1. The molecule has 0 fully saturated rings. The molecular weight excluding hydrogens is 356 g/mol. The number of nitro groups is 1. The van der Waals surface area contributed by atoms with E-state index in [4.69, 9.17) is 0 Å². The first-order valence-electron chi connectivity index (χ1n) is 6.12. The van der Waals surface area contributed by atoms with Gasteiger partial charge in [0, 0.05) is 25.3 Å². The van der Waals surface area contributed by atoms with Crippen molar-refractivity contribution in [3.8, 4) is 0 Å². The maximum Gasteiger partial charge on any atom is 0.282 e. The van der Waals surface area contributed by atoms with Gasteiger partial charge in [-0.25, -0.2) is 0 Å². The van der Waals surface area contributed by atoms with E-state index in [1.807, 2.05) is 23.4 Å². The average molecular weight is 369 g/mol. The number of thiophene rings is 1. The van der Waals surface area contributed by atoms with Crippen molar-refractivity contribution in [1.82, 2.24) is 0 Å². The highest BCUT2D eigenvalue weighted by Crippen LogP contribution is 2.28. The van der Waals surface area contributed by atoms with Gasteiger partial charge in [-0.05, 0) is 52.0 Å². The third-order valence-electron chi connectivity index (χ3n) is 3.04. The van der Waals surface area contributed by atoms with Gasteiger partial charge >= 0.3 is 0 Å². The predicted molar refractivity (Wildman–Crippen MR) is 87.2 cm³/mol. The van der Waals surface area contributed by atoms with E-state index < -0.39 is 4.92 Å². The number of halogens is 1. The van der Waals surface area contributed by atoms with Gasteiger partial charge in [-0.2, -0.15) is 0 Å². The molecule has 0 amide bonds. The van der Waals surface area contributed by atoms with E-state index in [0.717, 1.165) is 9.35 Å². The van der Waals surface area contributed by atoms with E-state index in [1.165, 1.54) is 19.1 Å². The minimum absolute atomic E-state index is 0.135. The summed E-state index contributed by atoms with van der Waals surface area (Å²) in [5.41, 5.74) is 1.80. The number of nitrogens with zero attached hydrogens (tertiary/aromatic N) is 2. The van der Waals surface area contributed by atoms with Crippen LogP contribution in [0.25, 0.3) is 0 Å². The molecule has 0 spiro atoms. The number of anilines is 1. The van der Waals surface area contributed by atoms with E-state index in [0.29, 0.717) is 12.2 Å². The Morgan fingerprint density at radius 3 is 2.67 bits per heavy atom. The summed E-state index contributed by atoms with van der Waals surface area (Å²) in [6, 6.07) is 6.69. The molecule has 1 aromatic carbocycles. The van der Waals surface area contributed by atoms with Crippen molar-refractivity contribution in [2.24, 2.45) is 0 Å². The highest BCUT2D eigenvalue weighted by atomic mass is 79.9. The quantitative estimate of drug-likeness (QED) is 0.449. The molecule has 0 N–H and O–H groups in total. The summed E-state index contributed by atoms with van der Waals surface area (Å²) >= 11 is 5.00. The summed E-state index contributed by atoms with van der Waals surface area (Å²) in [5, 5.41) is 13.1. The SMILES string of the molecule is CC(=O)c1ccc(N(C)Cc2csc(Br)c2)cc1[N+](=O)[O-]. The maximum absolute atomic E-state index is 11.4. The molecule has 0 radical (unpaired) electrons. The third kappa shape index (κ3) is 3.68. The molecule has 0 unspecified atom stereocenters. The largest absolute Gasteiger partial charge is 0.370 e. The van der Waals surface area contributed by atoms with Crippen LogP contribution < -0.4 is 4.90 Å². The zero-order chi connectivity index (χ0) is 15.6. The van der Waals surface area contributed by atoms with Crippen LogP contribution in [0, 0.1) is 10.1 Å². The Kier molecular flexibility index (Phi) is 4.74. The second kappa shape index (κ2) is 6.36. The summed E-state index contributed by atoms with van der Waals surface area (Å²) < 4.78 is 1.05. The molecule has 110 valence electrons. The molecule has 0 aliphatic rings. The predicted octanol–water partition coefficient (Wildman–Crippen LogP) is 4.26. The number of rotatable bonds is 5. The summed E-state index contributed by atoms with van der Waals surface area (Å²) in [6.45, 7) is 1.97. The van der Waals surface area contributed by atoms with E-state index >= 15 is 0 Å². The molecule has 0 aliphatic carbocycles. The lowest BCUT2D eigenvalue weighted by atomic mass is 10.1. The lowest BCUT2D eigenvalue weighted by molar-refractivity contribution is -0.385. The number of Topliss-reactive ketones (excluding diaryl/α,β-unsaturated/α-hetero) is 1. The third-order valence-corrected chi connectivity index (χ3v) is 4.59. The van der Waals surface area contributed by atoms with Crippen LogP contribution in [-0.4, -0.2) is 17.8 Å². The molecule has 1 heterocycles. The standard InChI is InChI=1S/C14H13BrN2O3S/c1-9(18)12-4-3-11(6-13(12)17(19)20)16(2)7-10-5-14(15)21-8-10/h3-6,8H,7H2,1-2H3. The number of ketones is 1. The fourth-order valence-electron chi connectivity index (χ4n) is 2.00. The van der Waals surface area contributed by atoms with Crippen molar-refractivity contribution >= 4 is 44.4 Å². The molecule has 7 heteroatoms. The zero-order valence-electron chi connectivity index (χ0n) is 11.5. The molecule has 2 aromatic rings. The van der Waals surface area contributed by atoms with Gasteiger partial charge < -0.3 is 4.90 Å². The van der Waals surface area contributed by atoms with E-state index in [-0.39, 0.29) is 17.0 Å². The van der Waals surface area contributed by atoms with Crippen molar-refractivity contribution < 1.29 is 9.72 Å². The van der Waals surface area contributed by atoms with Crippen molar-refractivity contribution in [3.05, 3.63) is 54.7 Å². The van der Waals surface area contributed by atoms with Gasteiger partial charge in [-0.15, -0.1) is 11.3 Å². The van der Waals surface area contributed by atoms with Crippen molar-refractivity contribution in [2.75, 3.05) is 11.9 Å². The van der Waals surface area contributed by atoms with Gasteiger partial charge in [-0.3, -0.25) is 14.9 Å². The van der Waals surface area contributed by atoms with Crippen LogP contribution in [-0.2, 0) is 6.54 Å². The second-order valence-corrected chi connectivity index (χ2v) is 6.92. The molecule has 1 aromatic heterocycles. The maximum atomic E-state index is 11.4. The number of carbonyl (C=O) groups excluding carboxylic acids is 1. The van der Waals surface area contributed by atoms with Gasteiger partial charge in [-0.1, -0.05) is 0 Å². The molecule has 21 heavy (non-hydrogen) atoms. The normalized spacial score (nSPS) is 10.4. The number of benzene rings is 1. The van der Waals surface area contributed by atoms with Crippen LogP contribution in [0.3, 0.4) is 0 Å². The second-order valence-electron chi connectivity index (χ2n) is 4.63. The molecular formula is C14H13BrN2O3S.